The molecule has 1 fully saturated rings. The van der Waals surface area contributed by atoms with Gasteiger partial charge >= 0.3 is 0 Å². The summed E-state index contributed by atoms with van der Waals surface area (Å²) in [6.45, 7) is 3.39. The lowest BCUT2D eigenvalue weighted by Gasteiger charge is -2.30. The van der Waals surface area contributed by atoms with E-state index >= 15 is 0 Å². The average Bonchev–Trinajstić information content (AvgIpc) is 2.55. The van der Waals surface area contributed by atoms with Crippen LogP contribution in [0.2, 0.25) is 0 Å². The maximum atomic E-state index is 13.6. The molecule has 4 nitrogen and oxygen atoms in total. The lowest BCUT2D eigenvalue weighted by Crippen LogP contribution is -2.41. The maximum Gasteiger partial charge on any atom is 0.225 e. The summed E-state index contributed by atoms with van der Waals surface area (Å²) in [6, 6.07) is 4.83. The summed E-state index contributed by atoms with van der Waals surface area (Å²) in [6.07, 6.45) is 2.63. The predicted molar refractivity (Wildman–Crippen MR) is 81.7 cm³/mol. The van der Waals surface area contributed by atoms with Gasteiger partial charge in [-0.3, -0.25) is 4.79 Å². The van der Waals surface area contributed by atoms with Crippen LogP contribution in [-0.4, -0.2) is 25.7 Å². The molecular formula is C17H24FNO3. The van der Waals surface area contributed by atoms with Gasteiger partial charge in [-0.25, -0.2) is 4.39 Å². The highest BCUT2D eigenvalue weighted by Crippen LogP contribution is 2.23. The molecule has 22 heavy (non-hydrogen) atoms. The van der Waals surface area contributed by atoms with Crippen LogP contribution in [0.3, 0.4) is 0 Å². The first kappa shape index (κ1) is 16.9. The van der Waals surface area contributed by atoms with Gasteiger partial charge in [-0.05, 0) is 37.0 Å². The minimum atomic E-state index is -0.288. The zero-order valence-electron chi connectivity index (χ0n) is 13.2. The highest BCUT2D eigenvalue weighted by atomic mass is 19.1. The van der Waals surface area contributed by atoms with Gasteiger partial charge in [0.05, 0.1) is 18.6 Å². The van der Waals surface area contributed by atoms with Crippen LogP contribution >= 0.6 is 0 Å². The summed E-state index contributed by atoms with van der Waals surface area (Å²) in [4.78, 5) is 12.3. The summed E-state index contributed by atoms with van der Waals surface area (Å²) in [5.74, 6) is -0.356. The van der Waals surface area contributed by atoms with Crippen LogP contribution < -0.4 is 5.32 Å². The first-order chi connectivity index (χ1) is 10.7. The second-order valence-corrected chi connectivity index (χ2v) is 5.64. The van der Waals surface area contributed by atoms with Gasteiger partial charge in [0, 0.05) is 25.8 Å². The summed E-state index contributed by atoms with van der Waals surface area (Å²) in [7, 11) is 1.53. The minimum absolute atomic E-state index is 0.00557. The highest BCUT2D eigenvalue weighted by molar-refractivity contribution is 5.79. The van der Waals surface area contributed by atoms with Crippen LogP contribution in [0.15, 0.2) is 18.2 Å². The smallest absolute Gasteiger partial charge is 0.225 e. The predicted octanol–water partition coefficient (Wildman–Crippen LogP) is 2.79. The van der Waals surface area contributed by atoms with Crippen molar-refractivity contribution >= 4 is 5.91 Å². The number of halogens is 1. The highest BCUT2D eigenvalue weighted by Gasteiger charge is 2.30. The fourth-order valence-electron chi connectivity index (χ4n) is 2.87. The Morgan fingerprint density at radius 3 is 3.05 bits per heavy atom. The molecule has 1 saturated heterocycles. The molecule has 1 aliphatic rings. The van der Waals surface area contributed by atoms with E-state index < -0.39 is 0 Å². The van der Waals surface area contributed by atoms with Crippen molar-refractivity contribution in [3.05, 3.63) is 35.1 Å². The van der Waals surface area contributed by atoms with Crippen molar-refractivity contribution in [3.63, 3.8) is 0 Å². The Morgan fingerprint density at radius 1 is 1.50 bits per heavy atom. The molecule has 0 bridgehead atoms. The van der Waals surface area contributed by atoms with E-state index in [0.29, 0.717) is 12.1 Å². The molecule has 122 valence electrons. The van der Waals surface area contributed by atoms with E-state index in [1.165, 1.54) is 13.2 Å². The lowest BCUT2D eigenvalue weighted by molar-refractivity contribution is -0.134. The molecule has 1 amide bonds. The van der Waals surface area contributed by atoms with E-state index in [2.05, 4.69) is 5.32 Å². The Bertz CT molecular complexity index is 507. The number of nitrogens with one attached hydrogen (secondary N) is 1. The Balaban J connectivity index is 1.94. The van der Waals surface area contributed by atoms with Gasteiger partial charge in [-0.1, -0.05) is 13.0 Å². The topological polar surface area (TPSA) is 47.6 Å². The van der Waals surface area contributed by atoms with E-state index in [1.807, 2.05) is 6.92 Å². The van der Waals surface area contributed by atoms with E-state index in [1.54, 1.807) is 12.1 Å². The maximum absolute atomic E-state index is 13.6. The Morgan fingerprint density at radius 2 is 2.32 bits per heavy atom. The van der Waals surface area contributed by atoms with Crippen molar-refractivity contribution in [1.29, 1.82) is 0 Å². The summed E-state index contributed by atoms with van der Waals surface area (Å²) in [5, 5.41) is 2.94. The number of ether oxygens (including phenoxy) is 2. The molecule has 0 spiro atoms. The second-order valence-electron chi connectivity index (χ2n) is 5.64. The van der Waals surface area contributed by atoms with E-state index in [4.69, 9.17) is 9.47 Å². The van der Waals surface area contributed by atoms with Crippen molar-refractivity contribution in [2.75, 3.05) is 13.7 Å². The molecule has 0 saturated carbocycles. The SMILES string of the molecule is CC[C@@H]1OCCC[C@@H]1C(=O)NCc1ccc(F)c(COC)c1. The molecule has 0 radical (unpaired) electrons. The number of carbonyl (C=O) groups is 1. The van der Waals surface area contributed by atoms with E-state index in [0.717, 1.165) is 31.4 Å². The molecule has 5 heteroatoms. The molecule has 1 aromatic rings. The van der Waals surface area contributed by atoms with Gasteiger partial charge in [0.25, 0.3) is 0 Å². The molecule has 2 atom stereocenters. The zero-order valence-corrected chi connectivity index (χ0v) is 13.2. The number of hydrogen-bond donors (Lipinski definition) is 1. The molecule has 1 aliphatic heterocycles. The first-order valence-corrected chi connectivity index (χ1v) is 7.81. The molecule has 0 aromatic heterocycles. The van der Waals surface area contributed by atoms with Gasteiger partial charge in [-0.2, -0.15) is 0 Å². The quantitative estimate of drug-likeness (QED) is 0.879. The number of amides is 1. The number of rotatable bonds is 6. The van der Waals surface area contributed by atoms with Gasteiger partial charge < -0.3 is 14.8 Å². The third-order valence-electron chi connectivity index (χ3n) is 4.06. The largest absolute Gasteiger partial charge is 0.380 e. The molecule has 0 aliphatic carbocycles. The van der Waals surface area contributed by atoms with Crippen molar-refractivity contribution in [3.8, 4) is 0 Å². The lowest BCUT2D eigenvalue weighted by atomic mass is 9.92. The van der Waals surface area contributed by atoms with Crippen LogP contribution in [0.4, 0.5) is 4.39 Å². The van der Waals surface area contributed by atoms with Crippen LogP contribution in [0.5, 0.6) is 0 Å². The zero-order chi connectivity index (χ0) is 15.9. The van der Waals surface area contributed by atoms with Crippen LogP contribution in [0.1, 0.15) is 37.3 Å². The summed E-state index contributed by atoms with van der Waals surface area (Å²) >= 11 is 0. The van der Waals surface area contributed by atoms with Gasteiger partial charge in [0.2, 0.25) is 5.91 Å². The normalized spacial score (nSPS) is 21.6. The van der Waals surface area contributed by atoms with Crippen LogP contribution in [0, 0.1) is 11.7 Å². The van der Waals surface area contributed by atoms with Gasteiger partial charge in [0.15, 0.2) is 0 Å². The third kappa shape index (κ3) is 4.27. The second kappa shape index (κ2) is 8.25. The number of methoxy groups -OCH3 is 1. The first-order valence-electron chi connectivity index (χ1n) is 7.81. The van der Waals surface area contributed by atoms with Crippen molar-refractivity contribution < 1.29 is 18.7 Å². The molecular weight excluding hydrogens is 285 g/mol. The minimum Gasteiger partial charge on any atom is -0.380 e. The monoisotopic (exact) mass is 309 g/mol. The molecule has 1 aromatic carbocycles. The third-order valence-corrected chi connectivity index (χ3v) is 4.06. The molecule has 1 heterocycles. The Kier molecular flexibility index (Phi) is 6.34. The van der Waals surface area contributed by atoms with Crippen molar-refractivity contribution in [1.82, 2.24) is 5.32 Å². The number of carbonyl (C=O) groups excluding carboxylic acids is 1. The van der Waals surface area contributed by atoms with Gasteiger partial charge in [-0.15, -0.1) is 0 Å². The van der Waals surface area contributed by atoms with E-state index in [-0.39, 0.29) is 30.4 Å². The Hall–Kier alpha value is -1.46. The molecule has 1 N–H and O–H groups in total. The molecule has 0 unspecified atom stereocenters. The summed E-state index contributed by atoms with van der Waals surface area (Å²) in [5.41, 5.74) is 1.37. The van der Waals surface area contributed by atoms with Crippen molar-refractivity contribution in [2.45, 2.75) is 45.4 Å². The van der Waals surface area contributed by atoms with E-state index in [9.17, 15) is 9.18 Å². The van der Waals surface area contributed by atoms with Crippen LogP contribution in [0.25, 0.3) is 0 Å². The fourth-order valence-corrected chi connectivity index (χ4v) is 2.87. The Labute approximate surface area is 131 Å². The van der Waals surface area contributed by atoms with Crippen LogP contribution in [-0.2, 0) is 27.4 Å². The average molecular weight is 309 g/mol. The summed E-state index contributed by atoms with van der Waals surface area (Å²) < 4.78 is 24.2. The number of hydrogen-bond acceptors (Lipinski definition) is 3. The van der Waals surface area contributed by atoms with Gasteiger partial charge in [0.1, 0.15) is 5.82 Å². The van der Waals surface area contributed by atoms with Crippen molar-refractivity contribution in [2.24, 2.45) is 5.92 Å². The molecule has 2 rings (SSSR count). The standard InChI is InChI=1S/C17H24FNO3/c1-3-16-14(5-4-8-22-16)17(20)19-10-12-6-7-15(18)13(9-12)11-21-2/h6-7,9,14,16H,3-5,8,10-11H2,1-2H3,(H,19,20)/t14-,16-/m0/s1. The fraction of sp³-hybridized carbons (Fsp3) is 0.588. The number of benzene rings is 1.